The fourth-order valence-electron chi connectivity index (χ4n) is 2.22. The van der Waals surface area contributed by atoms with E-state index in [9.17, 15) is 8.42 Å². The standard InChI is InChI=1S/C11H16ClN3O2S/c1-18(16,17)15-4-2-9(3-5-15)6-10-7-13-8-11(12)14-10/h7-9H,2-6H2,1H3. The van der Waals surface area contributed by atoms with E-state index in [1.165, 1.54) is 16.8 Å². The van der Waals surface area contributed by atoms with E-state index in [1.807, 2.05) is 0 Å². The van der Waals surface area contributed by atoms with E-state index in [0.717, 1.165) is 25.0 Å². The van der Waals surface area contributed by atoms with Gasteiger partial charge in [0.15, 0.2) is 0 Å². The summed E-state index contributed by atoms with van der Waals surface area (Å²) in [5.41, 5.74) is 0.875. The summed E-state index contributed by atoms with van der Waals surface area (Å²) in [5, 5.41) is 0.404. The Morgan fingerprint density at radius 1 is 1.39 bits per heavy atom. The van der Waals surface area contributed by atoms with Crippen LogP contribution in [0.4, 0.5) is 0 Å². The molecule has 0 aliphatic carbocycles. The van der Waals surface area contributed by atoms with Crippen LogP contribution in [0.1, 0.15) is 18.5 Å². The summed E-state index contributed by atoms with van der Waals surface area (Å²) < 4.78 is 24.3. The molecule has 1 aliphatic heterocycles. The molecule has 0 spiro atoms. The van der Waals surface area contributed by atoms with Crippen molar-refractivity contribution in [2.45, 2.75) is 19.3 Å². The van der Waals surface area contributed by atoms with Gasteiger partial charge in [0.05, 0.1) is 18.1 Å². The maximum absolute atomic E-state index is 11.4. The molecule has 1 fully saturated rings. The molecule has 5 nitrogen and oxygen atoms in total. The van der Waals surface area contributed by atoms with Crippen LogP contribution >= 0.6 is 11.6 Å². The third-order valence-electron chi connectivity index (χ3n) is 3.20. The van der Waals surface area contributed by atoms with Gasteiger partial charge >= 0.3 is 0 Å². The molecule has 2 rings (SSSR count). The number of hydrogen-bond acceptors (Lipinski definition) is 4. The molecule has 1 saturated heterocycles. The average molecular weight is 290 g/mol. The maximum atomic E-state index is 11.4. The molecule has 100 valence electrons. The number of piperidine rings is 1. The van der Waals surface area contributed by atoms with Gasteiger partial charge < -0.3 is 0 Å². The number of sulfonamides is 1. The lowest BCUT2D eigenvalue weighted by Gasteiger charge is -2.29. The predicted molar refractivity (Wildman–Crippen MR) is 69.9 cm³/mol. The van der Waals surface area contributed by atoms with E-state index in [2.05, 4.69) is 9.97 Å². The van der Waals surface area contributed by atoms with Gasteiger partial charge in [-0.1, -0.05) is 11.6 Å². The summed E-state index contributed by atoms with van der Waals surface area (Å²) in [6.45, 7) is 1.19. The van der Waals surface area contributed by atoms with Gasteiger partial charge in [0.1, 0.15) is 5.15 Å². The molecule has 0 unspecified atom stereocenters. The van der Waals surface area contributed by atoms with Crippen molar-refractivity contribution in [2.75, 3.05) is 19.3 Å². The molecule has 7 heteroatoms. The molecule has 0 amide bonds. The SMILES string of the molecule is CS(=O)(=O)N1CCC(Cc2cncc(Cl)n2)CC1. The highest BCUT2D eigenvalue weighted by Crippen LogP contribution is 2.22. The minimum atomic E-state index is -3.04. The largest absolute Gasteiger partial charge is 0.260 e. The van der Waals surface area contributed by atoms with Gasteiger partial charge in [0.2, 0.25) is 10.0 Å². The molecule has 1 aromatic rings. The third-order valence-corrected chi connectivity index (χ3v) is 4.68. The average Bonchev–Trinajstić information content (AvgIpc) is 2.28. The lowest BCUT2D eigenvalue weighted by molar-refractivity contribution is 0.273. The molecule has 0 aromatic carbocycles. The summed E-state index contributed by atoms with van der Waals surface area (Å²) in [6.07, 6.45) is 7.02. The van der Waals surface area contributed by atoms with Gasteiger partial charge in [0.25, 0.3) is 0 Å². The van der Waals surface area contributed by atoms with Crippen molar-refractivity contribution in [3.63, 3.8) is 0 Å². The highest BCUT2D eigenvalue weighted by Gasteiger charge is 2.25. The second-order valence-corrected chi connectivity index (χ2v) is 7.01. The van der Waals surface area contributed by atoms with Gasteiger partial charge in [-0.05, 0) is 25.2 Å². The maximum Gasteiger partial charge on any atom is 0.211 e. The van der Waals surface area contributed by atoms with Crippen LogP contribution in [0.3, 0.4) is 0 Å². The molecule has 1 aliphatic rings. The van der Waals surface area contributed by atoms with Crippen LogP contribution < -0.4 is 0 Å². The number of hydrogen-bond donors (Lipinski definition) is 0. The number of nitrogens with zero attached hydrogens (tertiary/aromatic N) is 3. The quantitative estimate of drug-likeness (QED) is 0.842. The minimum Gasteiger partial charge on any atom is -0.260 e. The molecule has 0 N–H and O–H groups in total. The van der Waals surface area contributed by atoms with Crippen LogP contribution in [0.2, 0.25) is 5.15 Å². The van der Waals surface area contributed by atoms with Crippen molar-refractivity contribution in [1.29, 1.82) is 0 Å². The smallest absolute Gasteiger partial charge is 0.211 e. The van der Waals surface area contributed by atoms with Crippen molar-refractivity contribution in [3.05, 3.63) is 23.2 Å². The first kappa shape index (κ1) is 13.7. The van der Waals surface area contributed by atoms with Crippen LogP contribution in [-0.2, 0) is 16.4 Å². The first-order valence-corrected chi connectivity index (χ1v) is 8.09. The second kappa shape index (κ2) is 5.50. The zero-order valence-corrected chi connectivity index (χ0v) is 11.8. The van der Waals surface area contributed by atoms with Gasteiger partial charge in [0, 0.05) is 19.3 Å². The molecule has 1 aromatic heterocycles. The van der Waals surface area contributed by atoms with Crippen molar-refractivity contribution >= 4 is 21.6 Å². The highest BCUT2D eigenvalue weighted by molar-refractivity contribution is 7.88. The summed E-state index contributed by atoms with van der Waals surface area (Å²) in [6, 6.07) is 0. The zero-order chi connectivity index (χ0) is 13.2. The Morgan fingerprint density at radius 2 is 2.06 bits per heavy atom. The molecule has 2 heterocycles. The Hall–Kier alpha value is -0.720. The zero-order valence-electron chi connectivity index (χ0n) is 10.2. The van der Waals surface area contributed by atoms with E-state index < -0.39 is 10.0 Å². The minimum absolute atomic E-state index is 0.404. The number of halogens is 1. The van der Waals surface area contributed by atoms with Crippen LogP contribution in [0.25, 0.3) is 0 Å². The fraction of sp³-hybridized carbons (Fsp3) is 0.636. The monoisotopic (exact) mass is 289 g/mol. The highest BCUT2D eigenvalue weighted by atomic mass is 35.5. The van der Waals surface area contributed by atoms with Gasteiger partial charge in [-0.25, -0.2) is 17.7 Å². The molecular formula is C11H16ClN3O2S. The molecule has 0 bridgehead atoms. The van der Waals surface area contributed by atoms with E-state index in [0.29, 0.717) is 24.2 Å². The van der Waals surface area contributed by atoms with Crippen molar-refractivity contribution in [3.8, 4) is 0 Å². The number of rotatable bonds is 3. The van der Waals surface area contributed by atoms with Gasteiger partial charge in [-0.2, -0.15) is 0 Å². The van der Waals surface area contributed by atoms with Crippen molar-refractivity contribution < 1.29 is 8.42 Å². The Balaban J connectivity index is 1.91. The topological polar surface area (TPSA) is 63.2 Å². The lowest BCUT2D eigenvalue weighted by atomic mass is 9.93. The summed E-state index contributed by atoms with van der Waals surface area (Å²) in [7, 11) is -3.04. The van der Waals surface area contributed by atoms with Crippen molar-refractivity contribution in [2.24, 2.45) is 5.92 Å². The van der Waals surface area contributed by atoms with Gasteiger partial charge in [-0.15, -0.1) is 0 Å². The molecule has 0 atom stereocenters. The van der Waals surface area contributed by atoms with Crippen LogP contribution in [0.5, 0.6) is 0 Å². The number of aromatic nitrogens is 2. The molecule has 0 radical (unpaired) electrons. The lowest BCUT2D eigenvalue weighted by Crippen LogP contribution is -2.38. The predicted octanol–water partition coefficient (Wildman–Crippen LogP) is 1.34. The van der Waals surface area contributed by atoms with E-state index in [-0.39, 0.29) is 0 Å². The summed E-state index contributed by atoms with van der Waals surface area (Å²) in [4.78, 5) is 8.21. The van der Waals surface area contributed by atoms with Crippen LogP contribution in [-0.4, -0.2) is 42.0 Å². The van der Waals surface area contributed by atoms with E-state index in [4.69, 9.17) is 11.6 Å². The van der Waals surface area contributed by atoms with Gasteiger partial charge in [-0.3, -0.25) is 4.98 Å². The normalized spacial score (nSPS) is 19.0. The fourth-order valence-corrected chi connectivity index (χ4v) is 3.26. The first-order chi connectivity index (χ1) is 8.45. The summed E-state index contributed by atoms with van der Waals surface area (Å²) in [5.74, 6) is 0.454. The molecule has 0 saturated carbocycles. The Bertz CT molecular complexity index is 513. The van der Waals surface area contributed by atoms with E-state index in [1.54, 1.807) is 6.20 Å². The molecule has 18 heavy (non-hydrogen) atoms. The van der Waals surface area contributed by atoms with Crippen LogP contribution in [0, 0.1) is 5.92 Å². The first-order valence-electron chi connectivity index (χ1n) is 5.86. The summed E-state index contributed by atoms with van der Waals surface area (Å²) >= 11 is 5.78. The van der Waals surface area contributed by atoms with E-state index >= 15 is 0 Å². The van der Waals surface area contributed by atoms with Crippen LogP contribution in [0.15, 0.2) is 12.4 Å². The Morgan fingerprint density at radius 3 is 2.61 bits per heavy atom. The Kier molecular flexibility index (Phi) is 4.19. The second-order valence-electron chi connectivity index (χ2n) is 4.64. The third kappa shape index (κ3) is 3.63. The van der Waals surface area contributed by atoms with Crippen molar-refractivity contribution in [1.82, 2.24) is 14.3 Å². The molecular weight excluding hydrogens is 274 g/mol. The Labute approximate surface area is 112 Å².